The lowest BCUT2D eigenvalue weighted by Gasteiger charge is -2.37. The fraction of sp³-hybridized carbons (Fsp3) is 0.542. The summed E-state index contributed by atoms with van der Waals surface area (Å²) in [6, 6.07) is 9.84. The van der Waals surface area contributed by atoms with Crippen molar-refractivity contribution in [1.82, 2.24) is 14.8 Å². The second-order valence-corrected chi connectivity index (χ2v) is 10.3. The normalized spacial score (nSPS) is 24.2. The molecule has 1 aromatic heterocycles. The second kappa shape index (κ2) is 9.04. The number of thiazole rings is 1. The number of aryl methyl sites for hydroxylation is 1. The van der Waals surface area contributed by atoms with Crippen LogP contribution in [-0.4, -0.2) is 88.8 Å². The van der Waals surface area contributed by atoms with Crippen molar-refractivity contribution < 1.29 is 19.4 Å². The number of carbonyl (C=O) groups excluding carboxylic acids is 2. The fourth-order valence-electron chi connectivity index (χ4n) is 5.02. The predicted octanol–water partition coefficient (Wildman–Crippen LogP) is 1.79. The molecule has 33 heavy (non-hydrogen) atoms. The summed E-state index contributed by atoms with van der Waals surface area (Å²) in [6.07, 6.45) is 3.45. The van der Waals surface area contributed by atoms with E-state index in [-0.39, 0.29) is 23.9 Å². The van der Waals surface area contributed by atoms with Crippen LogP contribution in [0.3, 0.4) is 0 Å². The summed E-state index contributed by atoms with van der Waals surface area (Å²) in [5.41, 5.74) is -0.314. The molecule has 2 amide bonds. The molecule has 1 unspecified atom stereocenters. The molecule has 1 N–H and O–H groups in total. The van der Waals surface area contributed by atoms with Crippen molar-refractivity contribution in [1.29, 1.82) is 0 Å². The number of morpholine rings is 1. The number of benzene rings is 1. The third-order valence-electron chi connectivity index (χ3n) is 6.95. The van der Waals surface area contributed by atoms with Crippen LogP contribution in [0.15, 0.2) is 36.5 Å². The van der Waals surface area contributed by atoms with Crippen molar-refractivity contribution in [3.8, 4) is 0 Å². The summed E-state index contributed by atoms with van der Waals surface area (Å²) in [4.78, 5) is 37.2. The number of nitrogens with zero attached hydrogens (tertiary/aromatic N) is 4. The Kier molecular flexibility index (Phi) is 6.11. The van der Waals surface area contributed by atoms with Crippen molar-refractivity contribution in [3.63, 3.8) is 0 Å². The van der Waals surface area contributed by atoms with E-state index in [1.54, 1.807) is 18.0 Å². The lowest BCUT2D eigenvalue weighted by Crippen LogP contribution is -2.56. The van der Waals surface area contributed by atoms with Gasteiger partial charge in [0.05, 0.1) is 31.5 Å². The van der Waals surface area contributed by atoms with E-state index >= 15 is 0 Å². The number of ether oxygens (including phenoxy) is 1. The quantitative estimate of drug-likeness (QED) is 0.693. The van der Waals surface area contributed by atoms with Gasteiger partial charge in [0.2, 0.25) is 0 Å². The highest BCUT2D eigenvalue weighted by atomic mass is 32.1. The SMILES string of the molecule is CC(O)(CCc1ccccc1)C(=O)N1C[C@@H]2C[C@H]1CN2C(=O)c1cnc(N2CCOCC2)s1. The molecule has 8 nitrogen and oxygen atoms in total. The lowest BCUT2D eigenvalue weighted by molar-refractivity contribution is -0.152. The molecule has 176 valence electrons. The van der Waals surface area contributed by atoms with Gasteiger partial charge in [0.25, 0.3) is 11.8 Å². The molecule has 3 atom stereocenters. The minimum absolute atomic E-state index is 0.00897. The van der Waals surface area contributed by atoms with E-state index in [4.69, 9.17) is 4.74 Å². The average Bonchev–Trinajstić information content (AvgIpc) is 3.59. The average molecular weight is 471 g/mol. The number of aliphatic hydroxyl groups is 1. The molecule has 1 aromatic carbocycles. The van der Waals surface area contributed by atoms with E-state index < -0.39 is 5.60 Å². The zero-order chi connectivity index (χ0) is 23.0. The van der Waals surface area contributed by atoms with Gasteiger partial charge in [-0.1, -0.05) is 41.7 Å². The van der Waals surface area contributed by atoms with Gasteiger partial charge in [-0.2, -0.15) is 0 Å². The highest BCUT2D eigenvalue weighted by Crippen LogP contribution is 2.35. The Balaban J connectivity index is 1.19. The zero-order valence-electron chi connectivity index (χ0n) is 18.9. The van der Waals surface area contributed by atoms with Crippen LogP contribution in [0.1, 0.15) is 35.0 Å². The Morgan fingerprint density at radius 3 is 2.55 bits per heavy atom. The molecule has 0 aliphatic carbocycles. The van der Waals surface area contributed by atoms with Gasteiger partial charge in [0.1, 0.15) is 10.5 Å². The number of fused-ring (bicyclic) bond motifs is 2. The highest BCUT2D eigenvalue weighted by Gasteiger charge is 2.50. The molecule has 9 heteroatoms. The molecule has 4 heterocycles. The summed E-state index contributed by atoms with van der Waals surface area (Å²) in [5, 5.41) is 11.8. The molecule has 3 aliphatic rings. The number of rotatable bonds is 6. The van der Waals surface area contributed by atoms with Crippen LogP contribution in [0.2, 0.25) is 0 Å². The molecule has 3 fully saturated rings. The smallest absolute Gasteiger partial charge is 0.266 e. The molecule has 2 aromatic rings. The lowest BCUT2D eigenvalue weighted by atomic mass is 9.95. The van der Waals surface area contributed by atoms with Crippen molar-refractivity contribution in [2.45, 2.75) is 43.9 Å². The van der Waals surface area contributed by atoms with E-state index in [1.807, 2.05) is 35.2 Å². The summed E-state index contributed by atoms with van der Waals surface area (Å²) >= 11 is 1.43. The first-order valence-electron chi connectivity index (χ1n) is 11.6. The number of aromatic nitrogens is 1. The van der Waals surface area contributed by atoms with Crippen LogP contribution in [0.4, 0.5) is 5.13 Å². The molecule has 3 aliphatic heterocycles. The van der Waals surface area contributed by atoms with Crippen LogP contribution in [0, 0.1) is 0 Å². The van der Waals surface area contributed by atoms with Crippen LogP contribution in [-0.2, 0) is 16.0 Å². The van der Waals surface area contributed by atoms with Crippen molar-refractivity contribution in [3.05, 3.63) is 47.0 Å². The predicted molar refractivity (Wildman–Crippen MR) is 125 cm³/mol. The zero-order valence-corrected chi connectivity index (χ0v) is 19.7. The van der Waals surface area contributed by atoms with Crippen LogP contribution in [0.25, 0.3) is 0 Å². The molecule has 5 rings (SSSR count). The van der Waals surface area contributed by atoms with Gasteiger partial charge in [0.15, 0.2) is 5.13 Å². The third kappa shape index (κ3) is 4.49. The maximum absolute atomic E-state index is 13.2. The molecule has 0 radical (unpaired) electrons. The molecule has 2 bridgehead atoms. The second-order valence-electron chi connectivity index (χ2n) is 9.32. The molecule has 0 saturated carbocycles. The number of anilines is 1. The third-order valence-corrected chi connectivity index (χ3v) is 8.00. The Morgan fingerprint density at radius 1 is 1.15 bits per heavy atom. The number of amides is 2. The van der Waals surface area contributed by atoms with Crippen LogP contribution < -0.4 is 4.90 Å². The standard InChI is InChI=1S/C24H30N4O4S/c1-24(31,8-7-17-5-3-2-4-6-17)22(30)28-16-18-13-19(28)15-27(18)21(29)20-14-25-23(33-20)26-9-11-32-12-10-26/h2-6,14,18-19,31H,7-13,15-16H2,1H3/t18-,19-,24?/m0/s1. The molecule has 3 saturated heterocycles. The summed E-state index contributed by atoms with van der Waals surface area (Å²) < 4.78 is 5.39. The Morgan fingerprint density at radius 2 is 1.85 bits per heavy atom. The van der Waals surface area contributed by atoms with Crippen LogP contribution in [0.5, 0.6) is 0 Å². The summed E-state index contributed by atoms with van der Waals surface area (Å²) in [7, 11) is 0. The molecule has 0 spiro atoms. The maximum atomic E-state index is 13.2. The van der Waals surface area contributed by atoms with Crippen LogP contribution >= 0.6 is 11.3 Å². The number of likely N-dealkylation sites (tertiary alicyclic amines) is 2. The van der Waals surface area contributed by atoms with E-state index in [0.29, 0.717) is 44.0 Å². The fourth-order valence-corrected chi connectivity index (χ4v) is 5.94. The number of hydrogen-bond donors (Lipinski definition) is 1. The van der Waals surface area contributed by atoms with E-state index in [1.165, 1.54) is 11.3 Å². The first-order valence-corrected chi connectivity index (χ1v) is 12.4. The maximum Gasteiger partial charge on any atom is 0.266 e. The van der Waals surface area contributed by atoms with Crippen molar-refractivity contribution in [2.24, 2.45) is 0 Å². The van der Waals surface area contributed by atoms with Gasteiger partial charge in [-0.05, 0) is 31.7 Å². The van der Waals surface area contributed by atoms with Crippen molar-refractivity contribution >= 4 is 28.3 Å². The monoisotopic (exact) mass is 470 g/mol. The highest BCUT2D eigenvalue weighted by molar-refractivity contribution is 7.17. The Labute approximate surface area is 197 Å². The first-order chi connectivity index (χ1) is 15.9. The van der Waals surface area contributed by atoms with E-state index in [2.05, 4.69) is 9.88 Å². The van der Waals surface area contributed by atoms with Crippen molar-refractivity contribution in [2.75, 3.05) is 44.3 Å². The van der Waals surface area contributed by atoms with E-state index in [9.17, 15) is 14.7 Å². The topological polar surface area (TPSA) is 86.2 Å². The number of piperazine rings is 1. The van der Waals surface area contributed by atoms with Gasteiger partial charge in [0, 0.05) is 26.2 Å². The van der Waals surface area contributed by atoms with Gasteiger partial charge in [-0.3, -0.25) is 9.59 Å². The van der Waals surface area contributed by atoms with Gasteiger partial charge < -0.3 is 24.5 Å². The Bertz CT molecular complexity index is 1000. The Hall–Kier alpha value is -2.49. The molecular formula is C24H30N4O4S. The molecular weight excluding hydrogens is 440 g/mol. The first kappa shape index (κ1) is 22.3. The van der Waals surface area contributed by atoms with Gasteiger partial charge in [-0.25, -0.2) is 4.98 Å². The largest absolute Gasteiger partial charge is 0.380 e. The summed E-state index contributed by atoms with van der Waals surface area (Å²) in [6.45, 7) is 5.53. The summed E-state index contributed by atoms with van der Waals surface area (Å²) in [5.74, 6) is -0.243. The van der Waals surface area contributed by atoms with Gasteiger partial charge in [-0.15, -0.1) is 0 Å². The minimum Gasteiger partial charge on any atom is -0.380 e. The van der Waals surface area contributed by atoms with E-state index in [0.717, 1.165) is 30.2 Å². The van der Waals surface area contributed by atoms with Gasteiger partial charge >= 0.3 is 0 Å². The number of hydrogen-bond acceptors (Lipinski definition) is 7. The minimum atomic E-state index is -1.42. The number of carbonyl (C=O) groups is 2.